The van der Waals surface area contributed by atoms with Crippen LogP contribution in [-0.4, -0.2) is 6.71 Å². The minimum Gasteiger partial charge on any atom is -0.311 e. The summed E-state index contributed by atoms with van der Waals surface area (Å²) in [5.41, 5.74) is 21.0. The van der Waals surface area contributed by atoms with Crippen molar-refractivity contribution in [2.75, 3.05) is 9.80 Å². The van der Waals surface area contributed by atoms with Crippen LogP contribution in [0.4, 0.5) is 34.1 Å². The van der Waals surface area contributed by atoms with E-state index < -0.39 is 6.85 Å². The molecule has 0 saturated heterocycles. The molecule has 3 heteroatoms. The Kier molecular flexibility index (Phi) is 7.71. The van der Waals surface area contributed by atoms with Gasteiger partial charge in [0.05, 0.1) is 0 Å². The molecule has 0 fully saturated rings. The van der Waals surface area contributed by atoms with Crippen LogP contribution in [0.3, 0.4) is 0 Å². The highest BCUT2D eigenvalue weighted by Gasteiger charge is 2.49. The summed E-state index contributed by atoms with van der Waals surface area (Å²) in [6.45, 7) is 35.0. The fourth-order valence-corrected chi connectivity index (χ4v) is 11.7. The third-order valence-corrected chi connectivity index (χ3v) is 15.1. The smallest absolute Gasteiger partial charge is 0.252 e. The van der Waals surface area contributed by atoms with Gasteiger partial charge in [-0.15, -0.1) is 0 Å². The largest absolute Gasteiger partial charge is 0.311 e. The molecule has 59 heavy (non-hydrogen) atoms. The van der Waals surface area contributed by atoms with Gasteiger partial charge in [-0.25, -0.2) is 0 Å². The summed E-state index contributed by atoms with van der Waals surface area (Å²) in [7, 11) is 0. The lowest BCUT2D eigenvalue weighted by molar-refractivity contribution is 0.332. The van der Waals surface area contributed by atoms with Crippen LogP contribution in [0.2, 0.25) is 0 Å². The van der Waals surface area contributed by atoms with Crippen molar-refractivity contribution in [3.63, 3.8) is 0 Å². The molecule has 2 aliphatic heterocycles. The number of aryl methyl sites for hydroxylation is 3. The van der Waals surface area contributed by atoms with E-state index in [2.05, 4.69) is 181 Å². The number of benzene rings is 5. The molecule has 0 spiro atoms. The lowest BCUT2D eigenvalue weighted by Gasteiger charge is -2.47. The van der Waals surface area contributed by atoms with Gasteiger partial charge in [-0.3, -0.25) is 0 Å². The number of fused-ring (bicyclic) bond motifs is 6. The molecule has 5 aromatic rings. The first-order valence-corrected chi connectivity index (χ1v) is 22.3. The molecule has 306 valence electrons. The van der Waals surface area contributed by atoms with E-state index in [-0.39, 0.29) is 39.2 Å². The maximum Gasteiger partial charge on any atom is 0.252 e. The van der Waals surface area contributed by atoms with Gasteiger partial charge in [-0.05, 0) is 175 Å². The van der Waals surface area contributed by atoms with E-state index in [1.54, 1.807) is 0 Å². The lowest BCUT2D eigenvalue weighted by atomic mass is 9.33. The normalized spacial score (nSPS) is 20.1. The van der Waals surface area contributed by atoms with E-state index in [1.165, 1.54) is 61.0 Å². The van der Waals surface area contributed by atoms with Crippen LogP contribution in [0, 0.1) is 20.7 Å². The zero-order valence-electron chi connectivity index (χ0n) is 42.0. The second-order valence-electron chi connectivity index (χ2n) is 23.7. The minimum absolute atomic E-state index is 0.00688. The molecule has 4 aliphatic rings. The number of nitrogens with zero attached hydrogens (tertiary/aromatic N) is 2. The zero-order chi connectivity index (χ0) is 45.2. The maximum absolute atomic E-state index is 9.07. The molecule has 0 saturated carbocycles. The quantitative estimate of drug-likeness (QED) is 0.161. The van der Waals surface area contributed by atoms with Crippen molar-refractivity contribution < 1.29 is 4.11 Å². The van der Waals surface area contributed by atoms with E-state index in [0.717, 1.165) is 53.3 Å². The average Bonchev–Trinajstić information content (AvgIpc) is 3.33. The fourth-order valence-electron chi connectivity index (χ4n) is 11.7. The van der Waals surface area contributed by atoms with Crippen molar-refractivity contribution in [3.8, 4) is 0 Å². The first kappa shape index (κ1) is 36.6. The Hall–Kier alpha value is -4.24. The molecule has 5 aromatic carbocycles. The van der Waals surface area contributed by atoms with Crippen LogP contribution < -0.4 is 26.2 Å². The van der Waals surface area contributed by atoms with Crippen molar-refractivity contribution in [1.29, 1.82) is 0 Å². The second-order valence-corrected chi connectivity index (χ2v) is 23.7. The number of anilines is 6. The Balaban J connectivity index is 1.47. The molecule has 0 bridgehead atoms. The van der Waals surface area contributed by atoms with Gasteiger partial charge in [0, 0.05) is 38.2 Å². The van der Waals surface area contributed by atoms with Gasteiger partial charge >= 0.3 is 0 Å². The second kappa shape index (κ2) is 12.4. The van der Waals surface area contributed by atoms with Crippen LogP contribution in [0.1, 0.15) is 170 Å². The number of rotatable bonds is 2. The van der Waals surface area contributed by atoms with Crippen LogP contribution in [-0.2, 0) is 32.5 Å². The molecule has 0 aromatic heterocycles. The van der Waals surface area contributed by atoms with Crippen LogP contribution in [0.15, 0.2) is 72.8 Å². The van der Waals surface area contributed by atoms with Gasteiger partial charge in [0.1, 0.15) is 0 Å². The van der Waals surface area contributed by atoms with Crippen molar-refractivity contribution in [3.05, 3.63) is 123 Å². The summed E-state index contributed by atoms with van der Waals surface area (Å²) in [6, 6.07) is 28.1. The molecule has 0 amide bonds. The van der Waals surface area contributed by atoms with Crippen LogP contribution in [0.5, 0.6) is 0 Å². The Labute approximate surface area is 362 Å². The highest BCUT2D eigenvalue weighted by molar-refractivity contribution is 7.00. The van der Waals surface area contributed by atoms with Crippen molar-refractivity contribution >= 4 is 57.2 Å². The molecule has 0 unspecified atom stereocenters. The van der Waals surface area contributed by atoms with E-state index in [0.29, 0.717) is 5.56 Å². The summed E-state index contributed by atoms with van der Waals surface area (Å²) in [5.74, 6) is 0. The molecule has 0 radical (unpaired) electrons. The van der Waals surface area contributed by atoms with Gasteiger partial charge in [-0.1, -0.05) is 133 Å². The van der Waals surface area contributed by atoms with E-state index in [1.807, 2.05) is 12.1 Å². The van der Waals surface area contributed by atoms with E-state index >= 15 is 0 Å². The van der Waals surface area contributed by atoms with Crippen molar-refractivity contribution in [1.82, 2.24) is 0 Å². The van der Waals surface area contributed by atoms with Crippen LogP contribution in [0.25, 0.3) is 0 Å². The Morgan fingerprint density at radius 1 is 0.492 bits per heavy atom. The standard InChI is InChI=1S/C56H69BN2/c1-33-24-48-50-49(25-33)59(46-30-40-38(26-35(46)3)53(10,11)22-23-54(40,12)13)47-31-41-39(55(14,15)32-56(41,16)17)29-43(47)57(50)42-27-36(51(4,5)6)20-21-44(42)58(48)45-28-37(52(7,8)9)19-18-34(45)2/h18-21,24-31H,22-23,32H2,1-17H3/i1D3. The zero-order valence-corrected chi connectivity index (χ0v) is 39.0. The average molecular weight is 784 g/mol. The summed E-state index contributed by atoms with van der Waals surface area (Å²) in [6.07, 6.45) is 3.32. The molecule has 0 atom stereocenters. The predicted molar refractivity (Wildman–Crippen MR) is 258 cm³/mol. The highest BCUT2D eigenvalue weighted by Crippen LogP contribution is 2.55. The van der Waals surface area contributed by atoms with Crippen molar-refractivity contribution in [2.24, 2.45) is 0 Å². The molecular formula is C56H69BN2. The summed E-state index contributed by atoms with van der Waals surface area (Å²) in [5, 5.41) is 0. The van der Waals surface area contributed by atoms with Gasteiger partial charge in [0.25, 0.3) is 6.71 Å². The number of hydrogen-bond acceptors (Lipinski definition) is 2. The molecule has 2 heterocycles. The molecule has 2 nitrogen and oxygen atoms in total. The SMILES string of the molecule is [2H]C([2H])([2H])c1cc2c3c(c1)N(c1cc4c(cc1C)C(C)(C)CCC4(C)C)c1cc4c(cc1B3c1cc(C(C)(C)C)ccc1N2c1cc(C(C)(C)C)ccc1C)C(C)(C)CC4(C)C. The minimum atomic E-state index is -2.34. The van der Waals surface area contributed by atoms with Crippen LogP contribution >= 0.6 is 0 Å². The Morgan fingerprint density at radius 3 is 1.56 bits per heavy atom. The molecular weight excluding hydrogens is 711 g/mol. The third kappa shape index (κ3) is 6.01. The predicted octanol–water partition coefficient (Wildman–Crippen LogP) is 13.6. The maximum atomic E-state index is 9.07. The topological polar surface area (TPSA) is 6.48 Å². The highest BCUT2D eigenvalue weighted by atomic mass is 15.2. The first-order chi connectivity index (χ1) is 28.4. The third-order valence-electron chi connectivity index (χ3n) is 15.1. The number of hydrogen-bond donors (Lipinski definition) is 0. The van der Waals surface area contributed by atoms with E-state index in [9.17, 15) is 0 Å². The molecule has 9 rings (SSSR count). The van der Waals surface area contributed by atoms with Gasteiger partial charge in [0.15, 0.2) is 0 Å². The summed E-state index contributed by atoms with van der Waals surface area (Å²) < 4.78 is 27.2. The fraction of sp³-hybridized carbons (Fsp3) is 0.464. The Bertz CT molecular complexity index is 2720. The van der Waals surface area contributed by atoms with Crippen molar-refractivity contribution in [2.45, 2.75) is 169 Å². The summed E-state index contributed by atoms with van der Waals surface area (Å²) >= 11 is 0. The Morgan fingerprint density at radius 2 is 0.966 bits per heavy atom. The molecule has 2 aliphatic carbocycles. The first-order valence-electron chi connectivity index (χ1n) is 23.8. The monoisotopic (exact) mass is 784 g/mol. The van der Waals surface area contributed by atoms with Gasteiger partial charge in [-0.2, -0.15) is 0 Å². The van der Waals surface area contributed by atoms with Gasteiger partial charge < -0.3 is 9.80 Å². The van der Waals surface area contributed by atoms with Gasteiger partial charge in [0.2, 0.25) is 0 Å². The lowest BCUT2D eigenvalue weighted by Crippen LogP contribution is -2.62. The van der Waals surface area contributed by atoms with E-state index in [4.69, 9.17) is 4.11 Å². The molecule has 0 N–H and O–H groups in total. The summed E-state index contributed by atoms with van der Waals surface area (Å²) in [4.78, 5) is 4.93.